The van der Waals surface area contributed by atoms with Gasteiger partial charge in [0.15, 0.2) is 5.82 Å². The van der Waals surface area contributed by atoms with Crippen LogP contribution in [0, 0.1) is 0 Å². The summed E-state index contributed by atoms with van der Waals surface area (Å²) in [5.41, 5.74) is 0. The Labute approximate surface area is 171 Å². The van der Waals surface area contributed by atoms with Gasteiger partial charge in [0.05, 0.1) is 19.4 Å². The first-order valence-electron chi connectivity index (χ1n) is 8.42. The zero-order valence-corrected chi connectivity index (χ0v) is 17.2. The van der Waals surface area contributed by atoms with Gasteiger partial charge in [0.25, 0.3) is 0 Å². The predicted octanol–water partition coefficient (Wildman–Crippen LogP) is 2.39. The number of thiophene rings is 1. The molecule has 0 saturated carbocycles. The Balaban J connectivity index is 1.51. The maximum atomic E-state index is 12.3. The van der Waals surface area contributed by atoms with Crippen molar-refractivity contribution in [3.05, 3.63) is 52.5 Å². The number of methoxy groups -OCH3 is 1. The first-order chi connectivity index (χ1) is 13.6. The third-order valence-corrected chi connectivity index (χ3v) is 5.66. The number of carbonyl (C=O) groups excluding carboxylic acids is 1. The first kappa shape index (κ1) is 20.0. The summed E-state index contributed by atoms with van der Waals surface area (Å²) >= 11 is 2.87. The Hall–Kier alpha value is -2.72. The molecule has 3 rings (SSSR count). The summed E-state index contributed by atoms with van der Waals surface area (Å²) in [6, 6.07) is 11.2. The van der Waals surface area contributed by atoms with E-state index in [9.17, 15) is 4.79 Å². The Bertz CT molecular complexity index is 914. The second-order valence-corrected chi connectivity index (χ2v) is 7.83. The molecule has 10 heteroatoms. The SMILES string of the molecule is COc1cccc(OCc2nnc(SCC(=O)N(C)Cc3cccs3)n2N)c1. The minimum Gasteiger partial charge on any atom is -0.497 e. The Morgan fingerprint density at radius 2 is 2.11 bits per heavy atom. The molecule has 2 N–H and O–H groups in total. The summed E-state index contributed by atoms with van der Waals surface area (Å²) in [6.45, 7) is 0.745. The average molecular weight is 420 g/mol. The Kier molecular flexibility index (Phi) is 6.77. The van der Waals surface area contributed by atoms with Gasteiger partial charge in [-0.2, -0.15) is 0 Å². The summed E-state index contributed by atoms with van der Waals surface area (Å²) in [6.07, 6.45) is 0. The van der Waals surface area contributed by atoms with Crippen molar-refractivity contribution >= 4 is 29.0 Å². The predicted molar refractivity (Wildman–Crippen MR) is 109 cm³/mol. The number of nitrogens with two attached hydrogens (primary N) is 1. The quantitative estimate of drug-likeness (QED) is 0.420. The highest BCUT2D eigenvalue weighted by Crippen LogP contribution is 2.21. The summed E-state index contributed by atoms with van der Waals surface area (Å²) in [4.78, 5) is 15.1. The number of benzene rings is 1. The molecule has 0 aliphatic carbocycles. The van der Waals surface area contributed by atoms with E-state index in [1.54, 1.807) is 36.5 Å². The van der Waals surface area contributed by atoms with Crippen molar-refractivity contribution in [2.24, 2.45) is 0 Å². The van der Waals surface area contributed by atoms with E-state index in [0.29, 0.717) is 29.0 Å². The Morgan fingerprint density at radius 1 is 1.29 bits per heavy atom. The minimum absolute atomic E-state index is 0.00409. The number of carbonyl (C=O) groups is 1. The van der Waals surface area contributed by atoms with Crippen LogP contribution in [0.25, 0.3) is 0 Å². The molecule has 0 unspecified atom stereocenters. The number of hydrogen-bond acceptors (Lipinski definition) is 8. The lowest BCUT2D eigenvalue weighted by atomic mass is 10.3. The molecule has 0 radical (unpaired) electrons. The van der Waals surface area contributed by atoms with Crippen molar-refractivity contribution in [1.29, 1.82) is 0 Å². The van der Waals surface area contributed by atoms with Crippen molar-refractivity contribution in [2.75, 3.05) is 25.8 Å². The topological polar surface area (TPSA) is 95.5 Å². The number of aromatic nitrogens is 3. The number of hydrogen-bond donors (Lipinski definition) is 1. The molecular weight excluding hydrogens is 398 g/mol. The molecule has 0 spiro atoms. The lowest BCUT2D eigenvalue weighted by molar-refractivity contribution is -0.127. The molecule has 0 atom stereocenters. The fraction of sp³-hybridized carbons (Fsp3) is 0.278. The van der Waals surface area contributed by atoms with Gasteiger partial charge in [0.1, 0.15) is 18.1 Å². The zero-order chi connectivity index (χ0) is 19.9. The fourth-order valence-electron chi connectivity index (χ4n) is 2.30. The van der Waals surface area contributed by atoms with Gasteiger partial charge < -0.3 is 20.2 Å². The van der Waals surface area contributed by atoms with Gasteiger partial charge in [-0.05, 0) is 23.6 Å². The van der Waals surface area contributed by atoms with Crippen LogP contribution in [0.1, 0.15) is 10.7 Å². The highest BCUT2D eigenvalue weighted by molar-refractivity contribution is 7.99. The van der Waals surface area contributed by atoms with Gasteiger partial charge in [-0.15, -0.1) is 21.5 Å². The van der Waals surface area contributed by atoms with Crippen molar-refractivity contribution in [2.45, 2.75) is 18.3 Å². The number of ether oxygens (including phenoxy) is 2. The van der Waals surface area contributed by atoms with Crippen LogP contribution in [0.5, 0.6) is 11.5 Å². The van der Waals surface area contributed by atoms with Gasteiger partial charge in [-0.25, -0.2) is 4.68 Å². The number of nitrogen functional groups attached to an aromatic ring is 1. The van der Waals surface area contributed by atoms with Crippen LogP contribution >= 0.6 is 23.1 Å². The van der Waals surface area contributed by atoms with Crippen molar-refractivity contribution in [1.82, 2.24) is 19.8 Å². The largest absolute Gasteiger partial charge is 0.497 e. The third-order valence-electron chi connectivity index (χ3n) is 3.87. The molecule has 0 aliphatic rings. The van der Waals surface area contributed by atoms with E-state index in [1.165, 1.54) is 16.4 Å². The van der Waals surface area contributed by atoms with Gasteiger partial charge >= 0.3 is 0 Å². The zero-order valence-electron chi connectivity index (χ0n) is 15.6. The molecule has 148 valence electrons. The smallest absolute Gasteiger partial charge is 0.233 e. The fourth-order valence-corrected chi connectivity index (χ4v) is 3.88. The maximum Gasteiger partial charge on any atom is 0.233 e. The second kappa shape index (κ2) is 9.47. The van der Waals surface area contributed by atoms with E-state index < -0.39 is 0 Å². The normalized spacial score (nSPS) is 10.6. The number of nitrogens with zero attached hydrogens (tertiary/aromatic N) is 4. The van der Waals surface area contributed by atoms with Crippen molar-refractivity contribution in [3.8, 4) is 11.5 Å². The van der Waals surface area contributed by atoms with Gasteiger partial charge in [-0.1, -0.05) is 23.9 Å². The van der Waals surface area contributed by atoms with E-state index in [2.05, 4.69) is 10.2 Å². The molecular formula is C18H21N5O3S2. The number of rotatable bonds is 9. The van der Waals surface area contributed by atoms with Gasteiger partial charge in [0.2, 0.25) is 11.1 Å². The van der Waals surface area contributed by atoms with E-state index in [-0.39, 0.29) is 18.3 Å². The van der Waals surface area contributed by atoms with Crippen LogP contribution in [-0.4, -0.2) is 45.6 Å². The van der Waals surface area contributed by atoms with Crippen LogP contribution in [0.4, 0.5) is 0 Å². The molecule has 0 saturated heterocycles. The van der Waals surface area contributed by atoms with Crippen LogP contribution in [-0.2, 0) is 17.9 Å². The van der Waals surface area contributed by atoms with Crippen LogP contribution < -0.4 is 15.3 Å². The molecule has 1 amide bonds. The maximum absolute atomic E-state index is 12.3. The molecule has 0 bridgehead atoms. The molecule has 0 aliphatic heterocycles. The monoisotopic (exact) mass is 419 g/mol. The van der Waals surface area contributed by atoms with Crippen LogP contribution in [0.3, 0.4) is 0 Å². The van der Waals surface area contributed by atoms with E-state index in [0.717, 1.165) is 4.88 Å². The third kappa shape index (κ3) is 5.17. The minimum atomic E-state index is -0.00409. The summed E-state index contributed by atoms with van der Waals surface area (Å²) in [7, 11) is 3.38. The lowest BCUT2D eigenvalue weighted by Gasteiger charge is -2.15. The molecule has 1 aromatic carbocycles. The van der Waals surface area contributed by atoms with Crippen LogP contribution in [0.2, 0.25) is 0 Å². The van der Waals surface area contributed by atoms with Crippen LogP contribution in [0.15, 0.2) is 46.9 Å². The summed E-state index contributed by atoms with van der Waals surface area (Å²) in [5.74, 6) is 8.07. The van der Waals surface area contributed by atoms with E-state index >= 15 is 0 Å². The molecule has 28 heavy (non-hydrogen) atoms. The number of thioether (sulfide) groups is 1. The van der Waals surface area contributed by atoms with Gasteiger partial charge in [0, 0.05) is 18.0 Å². The Morgan fingerprint density at radius 3 is 2.86 bits per heavy atom. The highest BCUT2D eigenvalue weighted by Gasteiger charge is 2.15. The molecule has 3 aromatic rings. The summed E-state index contributed by atoms with van der Waals surface area (Å²) < 4.78 is 12.2. The lowest BCUT2D eigenvalue weighted by Crippen LogP contribution is -2.27. The summed E-state index contributed by atoms with van der Waals surface area (Å²) in [5, 5.41) is 10.5. The molecule has 2 aromatic heterocycles. The van der Waals surface area contributed by atoms with Crippen molar-refractivity contribution < 1.29 is 14.3 Å². The number of amides is 1. The van der Waals surface area contributed by atoms with E-state index in [4.69, 9.17) is 15.3 Å². The van der Waals surface area contributed by atoms with E-state index in [1.807, 2.05) is 35.7 Å². The molecule has 0 fully saturated rings. The molecule has 2 heterocycles. The molecule has 8 nitrogen and oxygen atoms in total. The first-order valence-corrected chi connectivity index (χ1v) is 10.3. The van der Waals surface area contributed by atoms with Gasteiger partial charge in [-0.3, -0.25) is 4.79 Å². The second-order valence-electron chi connectivity index (χ2n) is 5.85. The average Bonchev–Trinajstić information content (AvgIpc) is 3.34. The van der Waals surface area contributed by atoms with Crippen molar-refractivity contribution in [3.63, 3.8) is 0 Å². The standard InChI is InChI=1S/C18H21N5O3S2/c1-22(10-15-7-4-8-27-15)17(24)12-28-18-21-20-16(23(18)19)11-26-14-6-3-5-13(9-14)25-2/h3-9H,10-12,19H2,1-2H3. The highest BCUT2D eigenvalue weighted by atomic mass is 32.2.